The van der Waals surface area contributed by atoms with E-state index in [1.807, 2.05) is 49.5 Å². The summed E-state index contributed by atoms with van der Waals surface area (Å²) in [6.45, 7) is 1.08. The van der Waals surface area contributed by atoms with Crippen LogP contribution in [0.2, 0.25) is 0 Å². The van der Waals surface area contributed by atoms with Crippen LogP contribution in [0, 0.1) is 0 Å². The molecule has 1 aromatic carbocycles. The third-order valence-electron chi connectivity index (χ3n) is 4.33. The summed E-state index contributed by atoms with van der Waals surface area (Å²) >= 11 is 0. The fourth-order valence-corrected chi connectivity index (χ4v) is 4.74. The van der Waals surface area contributed by atoms with Crippen LogP contribution in [0.25, 0.3) is 0 Å². The lowest BCUT2D eigenvalue weighted by atomic mass is 10.1. The highest BCUT2D eigenvalue weighted by atomic mass is 32.2. The molecule has 1 aromatic heterocycles. The predicted octanol–water partition coefficient (Wildman–Crippen LogP) is 2.28. The van der Waals surface area contributed by atoms with Gasteiger partial charge in [-0.25, -0.2) is 8.42 Å². The molecule has 0 saturated carbocycles. The molecule has 2 aromatic rings. The first-order valence-corrected chi connectivity index (χ1v) is 9.87. The van der Waals surface area contributed by atoms with Gasteiger partial charge in [0.15, 0.2) is 9.84 Å². The van der Waals surface area contributed by atoms with Gasteiger partial charge in [0.25, 0.3) is 0 Å². The molecule has 1 fully saturated rings. The molecule has 0 N–H and O–H groups in total. The van der Waals surface area contributed by atoms with Gasteiger partial charge in [0, 0.05) is 24.3 Å². The van der Waals surface area contributed by atoms with Crippen LogP contribution in [0.1, 0.15) is 17.7 Å². The molecule has 3 rings (SSSR count). The normalized spacial score (nSPS) is 19.5. The Morgan fingerprint density at radius 1 is 1.21 bits per heavy atom. The lowest BCUT2D eigenvalue weighted by Gasteiger charge is -2.24. The first-order chi connectivity index (χ1) is 11.5. The minimum atomic E-state index is -2.87. The van der Waals surface area contributed by atoms with Crippen LogP contribution in [-0.2, 0) is 23.0 Å². The van der Waals surface area contributed by atoms with Crippen LogP contribution in [0.3, 0.4) is 0 Å². The summed E-state index contributed by atoms with van der Waals surface area (Å²) in [6, 6.07) is 13.7. The topological polar surface area (TPSA) is 59.5 Å². The van der Waals surface area contributed by atoms with Crippen molar-refractivity contribution < 1.29 is 13.2 Å². The van der Waals surface area contributed by atoms with E-state index >= 15 is 0 Å². The summed E-state index contributed by atoms with van der Waals surface area (Å²) in [5.41, 5.74) is 1.93. The average Bonchev–Trinajstić information content (AvgIpc) is 2.95. The molecular formula is C18H22N2O3S. The van der Waals surface area contributed by atoms with E-state index in [4.69, 9.17) is 4.74 Å². The van der Waals surface area contributed by atoms with Crippen molar-refractivity contribution in [1.29, 1.82) is 0 Å². The maximum atomic E-state index is 11.7. The zero-order valence-corrected chi connectivity index (χ0v) is 14.6. The summed E-state index contributed by atoms with van der Waals surface area (Å²) in [5, 5.41) is 0. The zero-order valence-electron chi connectivity index (χ0n) is 13.8. The molecular weight excluding hydrogens is 324 g/mol. The van der Waals surface area contributed by atoms with E-state index in [0.29, 0.717) is 25.3 Å². The Balaban J connectivity index is 1.65. The minimum absolute atomic E-state index is 0.0823. The van der Waals surface area contributed by atoms with Gasteiger partial charge in [-0.15, -0.1) is 0 Å². The predicted molar refractivity (Wildman–Crippen MR) is 93.5 cm³/mol. The van der Waals surface area contributed by atoms with Crippen molar-refractivity contribution in [3.05, 3.63) is 59.9 Å². The summed E-state index contributed by atoms with van der Waals surface area (Å²) in [4.78, 5) is 6.37. The van der Waals surface area contributed by atoms with Gasteiger partial charge in [-0.2, -0.15) is 0 Å². The third-order valence-corrected chi connectivity index (χ3v) is 6.08. The maximum absolute atomic E-state index is 11.7. The van der Waals surface area contributed by atoms with E-state index < -0.39 is 9.84 Å². The second kappa shape index (κ2) is 7.32. The monoisotopic (exact) mass is 346 g/mol. The number of ether oxygens (including phenoxy) is 1. The van der Waals surface area contributed by atoms with Gasteiger partial charge in [-0.1, -0.05) is 24.3 Å². The number of pyridine rings is 1. The van der Waals surface area contributed by atoms with Crippen LogP contribution >= 0.6 is 0 Å². The Hall–Kier alpha value is -1.92. The molecule has 0 unspecified atom stereocenters. The number of rotatable bonds is 6. The van der Waals surface area contributed by atoms with Crippen molar-refractivity contribution in [3.63, 3.8) is 0 Å². The molecule has 2 heterocycles. The Bertz CT molecular complexity index is 778. The molecule has 0 amide bonds. The highest BCUT2D eigenvalue weighted by Gasteiger charge is 2.30. The van der Waals surface area contributed by atoms with Crippen molar-refractivity contribution >= 4 is 9.84 Å². The Morgan fingerprint density at radius 2 is 2.00 bits per heavy atom. The Labute approximate surface area is 143 Å². The second-order valence-electron chi connectivity index (χ2n) is 6.19. The molecule has 24 heavy (non-hydrogen) atoms. The standard InChI is InChI=1S/C18H22N2O3S/c1-20(17-9-11-24(21,22)14-17)12-15-6-2-3-8-18(15)23-13-16-7-4-5-10-19-16/h2-8,10,17H,9,11-14H2,1H3/t17-/m1/s1. The molecule has 128 valence electrons. The largest absolute Gasteiger partial charge is 0.487 e. The molecule has 0 spiro atoms. The maximum Gasteiger partial charge on any atom is 0.151 e. The minimum Gasteiger partial charge on any atom is -0.487 e. The highest BCUT2D eigenvalue weighted by molar-refractivity contribution is 7.91. The summed E-state index contributed by atoms with van der Waals surface area (Å²) < 4.78 is 29.3. The first kappa shape index (κ1) is 16.9. The van der Waals surface area contributed by atoms with Gasteiger partial charge >= 0.3 is 0 Å². The van der Waals surface area contributed by atoms with Crippen molar-refractivity contribution in [2.45, 2.75) is 25.6 Å². The van der Waals surface area contributed by atoms with Gasteiger partial charge in [-0.3, -0.25) is 9.88 Å². The van der Waals surface area contributed by atoms with Gasteiger partial charge in [-0.05, 0) is 31.7 Å². The number of aromatic nitrogens is 1. The van der Waals surface area contributed by atoms with Gasteiger partial charge in [0.2, 0.25) is 0 Å². The molecule has 1 saturated heterocycles. The van der Waals surface area contributed by atoms with E-state index in [1.54, 1.807) is 6.20 Å². The van der Waals surface area contributed by atoms with Crippen molar-refractivity contribution in [2.24, 2.45) is 0 Å². The molecule has 1 aliphatic heterocycles. The number of benzene rings is 1. The first-order valence-electron chi connectivity index (χ1n) is 8.05. The van der Waals surface area contributed by atoms with Crippen molar-refractivity contribution in [3.8, 4) is 5.75 Å². The van der Waals surface area contributed by atoms with Crippen molar-refractivity contribution in [2.75, 3.05) is 18.6 Å². The molecule has 6 heteroatoms. The fraction of sp³-hybridized carbons (Fsp3) is 0.389. The lowest BCUT2D eigenvalue weighted by Crippen LogP contribution is -2.32. The smallest absolute Gasteiger partial charge is 0.151 e. The Morgan fingerprint density at radius 3 is 2.71 bits per heavy atom. The fourth-order valence-electron chi connectivity index (χ4n) is 2.93. The molecule has 1 atom stereocenters. The summed E-state index contributed by atoms with van der Waals surface area (Å²) in [6.07, 6.45) is 2.45. The van der Waals surface area contributed by atoms with Crippen LogP contribution in [0.5, 0.6) is 5.75 Å². The number of hydrogen-bond donors (Lipinski definition) is 0. The highest BCUT2D eigenvalue weighted by Crippen LogP contribution is 2.24. The van der Waals surface area contributed by atoms with Crippen LogP contribution in [0.15, 0.2) is 48.7 Å². The molecule has 1 aliphatic rings. The van der Waals surface area contributed by atoms with Crippen LogP contribution in [0.4, 0.5) is 0 Å². The number of nitrogens with zero attached hydrogens (tertiary/aromatic N) is 2. The molecule has 5 nitrogen and oxygen atoms in total. The SMILES string of the molecule is CN(Cc1ccccc1OCc1ccccn1)[C@@H]1CCS(=O)(=O)C1. The lowest BCUT2D eigenvalue weighted by molar-refractivity contribution is 0.243. The van der Waals surface area contributed by atoms with Crippen LogP contribution in [-0.4, -0.2) is 42.9 Å². The second-order valence-corrected chi connectivity index (χ2v) is 8.42. The van der Waals surface area contributed by atoms with Crippen molar-refractivity contribution in [1.82, 2.24) is 9.88 Å². The van der Waals surface area contributed by atoms with Gasteiger partial charge in [0.1, 0.15) is 12.4 Å². The summed E-state index contributed by atoms with van der Waals surface area (Å²) in [5.74, 6) is 1.36. The average molecular weight is 346 g/mol. The van der Waals surface area contributed by atoms with E-state index in [9.17, 15) is 8.42 Å². The van der Waals surface area contributed by atoms with E-state index in [1.165, 1.54) is 0 Å². The van der Waals surface area contributed by atoms with Gasteiger partial charge < -0.3 is 4.74 Å². The Kier molecular flexibility index (Phi) is 5.16. The quantitative estimate of drug-likeness (QED) is 0.803. The molecule has 0 aliphatic carbocycles. The number of hydrogen-bond acceptors (Lipinski definition) is 5. The van der Waals surface area contributed by atoms with Crippen LogP contribution < -0.4 is 4.74 Å². The van der Waals surface area contributed by atoms with E-state index in [-0.39, 0.29) is 11.8 Å². The number of para-hydroxylation sites is 1. The molecule has 0 bridgehead atoms. The van der Waals surface area contributed by atoms with Gasteiger partial charge in [0.05, 0.1) is 17.2 Å². The third kappa shape index (κ3) is 4.33. The van der Waals surface area contributed by atoms with E-state index in [2.05, 4.69) is 9.88 Å². The van der Waals surface area contributed by atoms with E-state index in [0.717, 1.165) is 17.0 Å². The molecule has 0 radical (unpaired) electrons. The zero-order chi connectivity index (χ0) is 17.0. The number of sulfone groups is 1. The summed E-state index contributed by atoms with van der Waals surface area (Å²) in [7, 11) is -0.897.